The highest BCUT2D eigenvalue weighted by molar-refractivity contribution is 7.17. The van der Waals surface area contributed by atoms with Gasteiger partial charge in [0.25, 0.3) is 5.91 Å². The maximum atomic E-state index is 12.1. The number of thiophene rings is 1. The van der Waals surface area contributed by atoms with E-state index in [2.05, 4.69) is 5.32 Å². The van der Waals surface area contributed by atoms with Gasteiger partial charge in [-0.05, 0) is 6.07 Å². The van der Waals surface area contributed by atoms with Gasteiger partial charge in [-0.3, -0.25) is 19.7 Å². The van der Waals surface area contributed by atoms with Crippen molar-refractivity contribution < 1.29 is 14.5 Å². The molecule has 1 aliphatic rings. The number of amides is 2. The number of hydrogen-bond acceptors (Lipinski definition) is 5. The Kier molecular flexibility index (Phi) is 3.56. The van der Waals surface area contributed by atoms with Crippen molar-refractivity contribution >= 4 is 28.2 Å². The van der Waals surface area contributed by atoms with Crippen LogP contribution in [0.1, 0.15) is 16.1 Å². The smallest absolute Gasteiger partial charge is 0.324 e. The third kappa shape index (κ3) is 2.65. The maximum absolute atomic E-state index is 12.1. The van der Waals surface area contributed by atoms with Gasteiger partial charge in [-0.1, -0.05) is 11.3 Å². The lowest BCUT2D eigenvalue weighted by molar-refractivity contribution is -0.380. The number of nitrogens with zero attached hydrogens (tertiary/aromatic N) is 2. The largest absolute Gasteiger partial charge is 0.354 e. The number of carbonyl (C=O) groups excluding carboxylic acids is 2. The van der Waals surface area contributed by atoms with E-state index in [0.29, 0.717) is 24.5 Å². The summed E-state index contributed by atoms with van der Waals surface area (Å²) in [5.41, 5.74) is 0. The molecule has 0 bridgehead atoms. The monoisotopic (exact) mass is 269 g/mol. The van der Waals surface area contributed by atoms with Gasteiger partial charge in [0.15, 0.2) is 0 Å². The first kappa shape index (κ1) is 12.5. The minimum absolute atomic E-state index is 0.0534. The summed E-state index contributed by atoms with van der Waals surface area (Å²) in [5, 5.41) is 13.2. The Hall–Kier alpha value is -1.96. The van der Waals surface area contributed by atoms with Crippen LogP contribution >= 0.6 is 11.3 Å². The lowest BCUT2D eigenvalue weighted by Gasteiger charge is -2.18. The van der Waals surface area contributed by atoms with Crippen LogP contribution in [0.3, 0.4) is 0 Å². The summed E-state index contributed by atoms with van der Waals surface area (Å²) in [6.07, 6.45) is 0.263. The van der Waals surface area contributed by atoms with Crippen molar-refractivity contribution in [3.8, 4) is 0 Å². The van der Waals surface area contributed by atoms with E-state index in [4.69, 9.17) is 0 Å². The molecule has 2 amide bonds. The fourth-order valence-electron chi connectivity index (χ4n) is 1.67. The van der Waals surface area contributed by atoms with Gasteiger partial charge < -0.3 is 10.2 Å². The average molecular weight is 269 g/mol. The third-order valence-electron chi connectivity index (χ3n) is 2.58. The second-order valence-electron chi connectivity index (χ2n) is 3.79. The fraction of sp³-hybridized carbons (Fsp3) is 0.400. The first-order valence-electron chi connectivity index (χ1n) is 5.38. The molecule has 7 nitrogen and oxygen atoms in total. The summed E-state index contributed by atoms with van der Waals surface area (Å²) in [5.74, 6) is -0.341. The zero-order valence-corrected chi connectivity index (χ0v) is 10.2. The van der Waals surface area contributed by atoms with Gasteiger partial charge in [0.05, 0.1) is 9.80 Å². The van der Waals surface area contributed by atoms with Gasteiger partial charge in [0.2, 0.25) is 5.91 Å². The highest BCUT2D eigenvalue weighted by atomic mass is 32.1. The number of carbonyl (C=O) groups is 2. The minimum atomic E-state index is -0.519. The van der Waals surface area contributed by atoms with Crippen LogP contribution in [0.25, 0.3) is 0 Å². The van der Waals surface area contributed by atoms with E-state index in [9.17, 15) is 19.7 Å². The standard InChI is InChI=1S/C10H11N3O4S/c14-8-3-5-12(6-4-11-8)10(15)7-1-2-9(18-7)13(16)17/h1-2H,3-6H2,(H,11,14). The molecule has 8 heteroatoms. The Balaban J connectivity index is 2.09. The molecule has 2 heterocycles. The molecule has 0 saturated carbocycles. The van der Waals surface area contributed by atoms with Crippen molar-refractivity contribution in [3.05, 3.63) is 27.1 Å². The van der Waals surface area contributed by atoms with E-state index in [1.54, 1.807) is 0 Å². The van der Waals surface area contributed by atoms with E-state index in [0.717, 1.165) is 11.3 Å². The summed E-state index contributed by atoms with van der Waals surface area (Å²) in [7, 11) is 0. The average Bonchev–Trinajstić information content (AvgIpc) is 2.73. The molecular formula is C10H11N3O4S. The van der Waals surface area contributed by atoms with Crippen molar-refractivity contribution in [2.75, 3.05) is 19.6 Å². The Bertz CT molecular complexity index is 499. The first-order chi connectivity index (χ1) is 8.58. The molecule has 1 aliphatic heterocycles. The van der Waals surface area contributed by atoms with E-state index < -0.39 is 4.92 Å². The highest BCUT2D eigenvalue weighted by Gasteiger charge is 2.22. The summed E-state index contributed by atoms with van der Waals surface area (Å²) >= 11 is 0.855. The summed E-state index contributed by atoms with van der Waals surface area (Å²) in [6, 6.07) is 2.77. The summed E-state index contributed by atoms with van der Waals surface area (Å²) in [4.78, 5) is 35.1. The van der Waals surface area contributed by atoms with Crippen molar-refractivity contribution in [2.24, 2.45) is 0 Å². The summed E-state index contributed by atoms with van der Waals surface area (Å²) in [6.45, 7) is 1.19. The van der Waals surface area contributed by atoms with Gasteiger partial charge >= 0.3 is 5.00 Å². The molecule has 1 aromatic rings. The van der Waals surface area contributed by atoms with Crippen molar-refractivity contribution in [1.29, 1.82) is 0 Å². The second-order valence-corrected chi connectivity index (χ2v) is 4.85. The number of rotatable bonds is 2. The molecular weight excluding hydrogens is 258 g/mol. The van der Waals surface area contributed by atoms with Crippen LogP contribution in [-0.2, 0) is 4.79 Å². The molecule has 2 rings (SSSR count). The van der Waals surface area contributed by atoms with E-state index in [1.807, 2.05) is 0 Å². The minimum Gasteiger partial charge on any atom is -0.354 e. The Morgan fingerprint density at radius 3 is 2.89 bits per heavy atom. The molecule has 0 aliphatic carbocycles. The lowest BCUT2D eigenvalue weighted by Crippen LogP contribution is -2.33. The third-order valence-corrected chi connectivity index (χ3v) is 3.61. The van der Waals surface area contributed by atoms with E-state index in [-0.39, 0.29) is 23.2 Å². The molecule has 0 aromatic carbocycles. The maximum Gasteiger partial charge on any atom is 0.324 e. The van der Waals surface area contributed by atoms with Crippen LogP contribution < -0.4 is 5.32 Å². The van der Waals surface area contributed by atoms with Crippen LogP contribution in [0.4, 0.5) is 5.00 Å². The Morgan fingerprint density at radius 1 is 1.44 bits per heavy atom. The number of hydrogen-bond donors (Lipinski definition) is 1. The SMILES string of the molecule is O=C1CCN(C(=O)c2ccc([N+](=O)[O-])s2)CCN1. The van der Waals surface area contributed by atoms with Gasteiger partial charge in [-0.15, -0.1) is 0 Å². The zero-order chi connectivity index (χ0) is 13.1. The molecule has 1 N–H and O–H groups in total. The molecule has 0 unspecified atom stereocenters. The van der Waals surface area contributed by atoms with Crippen LogP contribution in [-0.4, -0.2) is 41.3 Å². The molecule has 1 fully saturated rings. The second kappa shape index (κ2) is 5.13. The highest BCUT2D eigenvalue weighted by Crippen LogP contribution is 2.25. The number of nitrogens with one attached hydrogen (secondary N) is 1. The molecule has 1 saturated heterocycles. The van der Waals surface area contributed by atoms with Crippen molar-refractivity contribution in [3.63, 3.8) is 0 Å². The topological polar surface area (TPSA) is 92.5 Å². The van der Waals surface area contributed by atoms with Gasteiger partial charge in [-0.25, -0.2) is 0 Å². The molecule has 0 radical (unpaired) electrons. The lowest BCUT2D eigenvalue weighted by atomic mass is 10.3. The molecule has 96 valence electrons. The van der Waals surface area contributed by atoms with E-state index in [1.165, 1.54) is 17.0 Å². The number of nitro groups is 1. The van der Waals surface area contributed by atoms with Gasteiger partial charge in [0.1, 0.15) is 0 Å². The van der Waals surface area contributed by atoms with Crippen LogP contribution in [0.2, 0.25) is 0 Å². The predicted octanol–water partition coefficient (Wildman–Crippen LogP) is 0.618. The van der Waals surface area contributed by atoms with Crippen LogP contribution in [0, 0.1) is 10.1 Å². The van der Waals surface area contributed by atoms with Crippen molar-refractivity contribution in [1.82, 2.24) is 10.2 Å². The molecule has 18 heavy (non-hydrogen) atoms. The summed E-state index contributed by atoms with van der Waals surface area (Å²) < 4.78 is 0. The quantitative estimate of drug-likeness (QED) is 0.629. The molecule has 0 atom stereocenters. The molecule has 1 aromatic heterocycles. The predicted molar refractivity (Wildman–Crippen MR) is 64.5 cm³/mol. The van der Waals surface area contributed by atoms with Crippen LogP contribution in [0.5, 0.6) is 0 Å². The Morgan fingerprint density at radius 2 is 2.22 bits per heavy atom. The van der Waals surface area contributed by atoms with Gasteiger partial charge in [-0.2, -0.15) is 0 Å². The van der Waals surface area contributed by atoms with E-state index >= 15 is 0 Å². The Labute approximate surface area is 107 Å². The molecule has 0 spiro atoms. The fourth-order valence-corrected chi connectivity index (χ4v) is 2.46. The first-order valence-corrected chi connectivity index (χ1v) is 6.20. The normalized spacial score (nSPS) is 16.0. The van der Waals surface area contributed by atoms with Crippen molar-refractivity contribution in [2.45, 2.75) is 6.42 Å². The van der Waals surface area contributed by atoms with Gasteiger partial charge in [0, 0.05) is 32.1 Å². The zero-order valence-electron chi connectivity index (χ0n) is 9.42. The van der Waals surface area contributed by atoms with Crippen LogP contribution in [0.15, 0.2) is 12.1 Å².